The number of carbonyl (C=O) groups is 2. The highest BCUT2D eigenvalue weighted by atomic mass is 32.2. The Labute approximate surface area is 250 Å². The third kappa shape index (κ3) is 7.91. The van der Waals surface area contributed by atoms with E-state index in [9.17, 15) is 28.5 Å². The lowest BCUT2D eigenvalue weighted by Crippen LogP contribution is -2.52. The average molecular weight is 614 g/mol. The van der Waals surface area contributed by atoms with Crippen LogP contribution in [0.1, 0.15) is 62.8 Å². The topological polar surface area (TPSA) is 205 Å². The summed E-state index contributed by atoms with van der Waals surface area (Å²) >= 11 is 1.33. The molecular weight excluding hydrogens is 578 g/mol. The smallest absolute Gasteiger partial charge is 0.405 e. The van der Waals surface area contributed by atoms with E-state index in [1.165, 1.54) is 23.9 Å². The first kappa shape index (κ1) is 32.7. The van der Waals surface area contributed by atoms with E-state index in [0.717, 1.165) is 5.56 Å². The monoisotopic (exact) mass is 613 g/mol. The number of primary sulfonamides is 1. The van der Waals surface area contributed by atoms with Gasteiger partial charge in [0.25, 0.3) is 5.91 Å². The van der Waals surface area contributed by atoms with Gasteiger partial charge in [-0.25, -0.2) is 23.3 Å². The first-order valence-corrected chi connectivity index (χ1v) is 15.9. The van der Waals surface area contributed by atoms with Crippen LogP contribution in [0, 0.1) is 28.1 Å². The minimum Gasteiger partial charge on any atom is -0.436 e. The van der Waals surface area contributed by atoms with Gasteiger partial charge in [-0.05, 0) is 42.5 Å². The number of hydrogen-bond acceptors (Lipinski definition) is 10. The number of nitrogens with two attached hydrogens (primary N) is 2. The lowest BCUT2D eigenvalue weighted by atomic mass is 9.88. The van der Waals surface area contributed by atoms with E-state index < -0.39 is 33.5 Å². The minimum atomic E-state index is -3.81. The van der Waals surface area contributed by atoms with Crippen molar-refractivity contribution >= 4 is 39.6 Å². The number of anilines is 1. The van der Waals surface area contributed by atoms with Gasteiger partial charge in [-0.15, -0.1) is 11.8 Å². The fourth-order valence-corrected chi connectivity index (χ4v) is 6.17. The molecular formula is C28H35N7O5S2. The molecule has 1 unspecified atom stereocenters. The highest BCUT2D eigenvalue weighted by Gasteiger charge is 2.36. The summed E-state index contributed by atoms with van der Waals surface area (Å²) in [6.07, 6.45) is -0.478. The Morgan fingerprint density at radius 1 is 1.17 bits per heavy atom. The first-order valence-electron chi connectivity index (χ1n) is 13.3. The zero-order valence-electron chi connectivity index (χ0n) is 24.0. The molecule has 14 heteroatoms. The fourth-order valence-electron chi connectivity index (χ4n) is 4.70. The molecule has 0 radical (unpaired) electrons. The number of sulfonamides is 1. The van der Waals surface area contributed by atoms with Crippen molar-refractivity contribution in [1.29, 1.82) is 10.5 Å². The van der Waals surface area contributed by atoms with Crippen molar-refractivity contribution < 1.29 is 22.7 Å². The Balaban J connectivity index is 1.81. The number of carbonyl (C=O) groups excluding carboxylic acids is 2. The van der Waals surface area contributed by atoms with Crippen LogP contribution in [0.4, 0.5) is 10.6 Å². The van der Waals surface area contributed by atoms with Crippen LogP contribution in [0.3, 0.4) is 0 Å². The number of nitriles is 2. The number of hydrogen-bond donors (Lipinski definition) is 3. The van der Waals surface area contributed by atoms with Crippen LogP contribution in [-0.2, 0) is 31.7 Å². The summed E-state index contributed by atoms with van der Waals surface area (Å²) < 4.78 is 28.2. The summed E-state index contributed by atoms with van der Waals surface area (Å²) in [4.78, 5) is 31.0. The second kappa shape index (κ2) is 13.4. The van der Waals surface area contributed by atoms with E-state index in [4.69, 9.17) is 20.6 Å². The molecule has 1 saturated heterocycles. The molecule has 2 aromatic rings. The number of ether oxygens (including phenoxy) is 1. The van der Waals surface area contributed by atoms with Crippen LogP contribution >= 0.6 is 11.8 Å². The molecule has 0 saturated carbocycles. The second-order valence-corrected chi connectivity index (χ2v) is 13.5. The summed E-state index contributed by atoms with van der Waals surface area (Å²) in [6, 6.07) is 10.4. The summed E-state index contributed by atoms with van der Waals surface area (Å²) in [7, 11) is -3.81. The molecule has 0 bridgehead atoms. The molecule has 224 valence electrons. The Kier molecular flexibility index (Phi) is 10.4. The molecule has 3 rings (SSSR count). The average Bonchev–Trinajstić information content (AvgIpc) is 2.93. The zero-order chi connectivity index (χ0) is 31.2. The predicted molar refractivity (Wildman–Crippen MR) is 158 cm³/mol. The highest BCUT2D eigenvalue weighted by Crippen LogP contribution is 2.34. The van der Waals surface area contributed by atoms with Gasteiger partial charge in [0.05, 0.1) is 16.0 Å². The van der Waals surface area contributed by atoms with Crippen molar-refractivity contribution in [3.8, 4) is 12.1 Å². The number of aromatic nitrogens is 1. The van der Waals surface area contributed by atoms with E-state index in [1.807, 2.05) is 11.8 Å². The maximum atomic E-state index is 12.9. The molecule has 1 aromatic carbocycles. The number of pyridine rings is 1. The number of thioether (sulfide) groups is 1. The highest BCUT2D eigenvalue weighted by molar-refractivity contribution is 7.98. The van der Waals surface area contributed by atoms with Crippen LogP contribution in [0.15, 0.2) is 34.2 Å². The molecule has 0 spiro atoms. The zero-order valence-corrected chi connectivity index (χ0v) is 25.6. The normalized spacial score (nSPS) is 14.9. The fraction of sp³-hybridized carbons (Fsp3) is 0.464. The van der Waals surface area contributed by atoms with Crippen LogP contribution in [0.25, 0.3) is 0 Å². The van der Waals surface area contributed by atoms with E-state index in [2.05, 4.69) is 17.5 Å². The van der Waals surface area contributed by atoms with Gasteiger partial charge in [0.1, 0.15) is 23.0 Å². The minimum absolute atomic E-state index is 0.00920. The van der Waals surface area contributed by atoms with Gasteiger partial charge in [0, 0.05) is 30.3 Å². The Bertz CT molecular complexity index is 1520. The predicted octanol–water partition coefficient (Wildman–Crippen LogP) is 2.92. The van der Waals surface area contributed by atoms with Gasteiger partial charge in [0.15, 0.2) is 6.10 Å². The summed E-state index contributed by atoms with van der Waals surface area (Å²) in [5.74, 6) is 0.477. The summed E-state index contributed by atoms with van der Waals surface area (Å²) in [5, 5.41) is 28.6. The van der Waals surface area contributed by atoms with E-state index >= 15 is 0 Å². The second-order valence-electron chi connectivity index (χ2n) is 11.0. The molecule has 1 aliphatic rings. The maximum absolute atomic E-state index is 12.9. The number of primary amides is 1. The van der Waals surface area contributed by atoms with Crippen molar-refractivity contribution in [3.63, 3.8) is 0 Å². The molecule has 1 aliphatic heterocycles. The number of benzene rings is 1. The van der Waals surface area contributed by atoms with Crippen molar-refractivity contribution in [3.05, 3.63) is 46.5 Å². The van der Waals surface area contributed by atoms with E-state index in [-0.39, 0.29) is 10.9 Å². The van der Waals surface area contributed by atoms with Crippen LogP contribution in [0.5, 0.6) is 0 Å². The first-order chi connectivity index (χ1) is 19.7. The largest absolute Gasteiger partial charge is 0.436 e. The number of nitrogens with one attached hydrogen (secondary N) is 1. The molecule has 5 N–H and O–H groups in total. The summed E-state index contributed by atoms with van der Waals surface area (Å²) in [5.41, 5.74) is 6.64. The van der Waals surface area contributed by atoms with Gasteiger partial charge in [0.2, 0.25) is 10.0 Å². The van der Waals surface area contributed by atoms with Gasteiger partial charge in [-0.2, -0.15) is 10.5 Å². The maximum Gasteiger partial charge on any atom is 0.405 e. The quantitative estimate of drug-likeness (QED) is 0.353. The third-order valence-corrected chi connectivity index (χ3v) is 8.83. The SMILES string of the molecule is CCc1c(C#N)c(SCc2ccc(S(N)(=O)=O)cc2)nc(N2CCC(NC(=O)C(OC(N)=O)C(C)(C)C)CC2)c1C#N. The van der Waals surface area contributed by atoms with Gasteiger partial charge >= 0.3 is 6.09 Å². The molecule has 42 heavy (non-hydrogen) atoms. The van der Waals surface area contributed by atoms with Crippen molar-refractivity contribution in [1.82, 2.24) is 10.3 Å². The van der Waals surface area contributed by atoms with Crippen molar-refractivity contribution in [2.75, 3.05) is 18.0 Å². The third-order valence-electron chi connectivity index (χ3n) is 6.85. The Hall–Kier alpha value is -3.85. The standard InChI is InChI=1S/C28H35N7O5S2/c1-5-20-21(14-29)24(34-26(22(20)15-30)41-16-17-6-8-19(9-7-17)42(32,38)39)35-12-10-18(11-13-35)33-25(36)23(28(2,3)4)40-27(31)37/h6-9,18,23H,5,10-13,16H2,1-4H3,(H2,31,37)(H,33,36)(H2,32,38,39). The van der Waals surface area contributed by atoms with Crippen LogP contribution < -0.4 is 21.1 Å². The van der Waals surface area contributed by atoms with E-state index in [0.29, 0.717) is 65.6 Å². The molecule has 2 amide bonds. The Morgan fingerprint density at radius 2 is 1.76 bits per heavy atom. The number of piperidine rings is 1. The van der Waals surface area contributed by atoms with Crippen molar-refractivity contribution in [2.24, 2.45) is 16.3 Å². The lowest BCUT2D eigenvalue weighted by molar-refractivity contribution is -0.135. The summed E-state index contributed by atoms with van der Waals surface area (Å²) in [6.45, 7) is 8.22. The van der Waals surface area contributed by atoms with Gasteiger partial charge in [-0.3, -0.25) is 4.79 Å². The molecule has 0 aliphatic carbocycles. The van der Waals surface area contributed by atoms with Crippen LogP contribution in [0.2, 0.25) is 0 Å². The van der Waals surface area contributed by atoms with E-state index in [1.54, 1.807) is 32.9 Å². The lowest BCUT2D eigenvalue weighted by Gasteiger charge is -2.36. The number of amides is 2. The van der Waals surface area contributed by atoms with Gasteiger partial charge in [-0.1, -0.05) is 39.8 Å². The number of nitrogens with zero attached hydrogens (tertiary/aromatic N) is 4. The van der Waals surface area contributed by atoms with Crippen LogP contribution in [-0.4, -0.2) is 50.6 Å². The molecule has 1 aromatic heterocycles. The molecule has 1 atom stereocenters. The van der Waals surface area contributed by atoms with Gasteiger partial charge < -0.3 is 20.7 Å². The Morgan fingerprint density at radius 3 is 2.24 bits per heavy atom. The molecule has 2 heterocycles. The molecule has 12 nitrogen and oxygen atoms in total. The number of rotatable bonds is 9. The molecule has 1 fully saturated rings. The van der Waals surface area contributed by atoms with Crippen molar-refractivity contribution in [2.45, 2.75) is 74.8 Å².